The molecule has 0 aliphatic carbocycles. The molecule has 0 radical (unpaired) electrons. The van der Waals surface area contributed by atoms with Crippen molar-refractivity contribution in [2.24, 2.45) is 5.73 Å². The van der Waals surface area contributed by atoms with E-state index in [1.807, 2.05) is 6.07 Å². The zero-order valence-corrected chi connectivity index (χ0v) is 14.9. The monoisotopic (exact) mass is 391 g/mol. The summed E-state index contributed by atoms with van der Waals surface area (Å²) in [4.78, 5) is 14.0. The molecule has 4 rings (SSSR count). The summed E-state index contributed by atoms with van der Waals surface area (Å²) in [5, 5.41) is 3.40. The maximum atomic E-state index is 14.8. The number of rotatable bonds is 2. The number of hydrogen-bond acceptors (Lipinski definition) is 2. The van der Waals surface area contributed by atoms with Gasteiger partial charge in [-0.1, -0.05) is 18.2 Å². The third-order valence-electron chi connectivity index (χ3n) is 5.24. The number of amides is 1. The number of carbonyl (C=O) groups is 1. The number of primary amides is 1. The summed E-state index contributed by atoms with van der Waals surface area (Å²) in [6.07, 6.45) is -4.01. The van der Waals surface area contributed by atoms with E-state index in [2.05, 4.69) is 10.3 Å². The number of H-pyrrole nitrogens is 1. The third kappa shape index (κ3) is 2.75. The first kappa shape index (κ1) is 18.5. The first-order chi connectivity index (χ1) is 13.2. The van der Waals surface area contributed by atoms with Gasteiger partial charge in [-0.25, -0.2) is 4.39 Å². The molecule has 4 nitrogen and oxygen atoms in total. The summed E-state index contributed by atoms with van der Waals surface area (Å²) in [5.74, 6) is -2.07. The van der Waals surface area contributed by atoms with E-state index in [4.69, 9.17) is 5.73 Å². The van der Waals surface area contributed by atoms with Crippen LogP contribution in [0.15, 0.2) is 24.3 Å². The van der Waals surface area contributed by atoms with Gasteiger partial charge in [-0.15, -0.1) is 0 Å². The Hall–Kier alpha value is -2.87. The van der Waals surface area contributed by atoms with Gasteiger partial charge in [0, 0.05) is 11.9 Å². The normalized spacial score (nSPS) is 14.3. The number of aryl methyl sites for hydroxylation is 1. The van der Waals surface area contributed by atoms with Crippen LogP contribution in [0.4, 0.5) is 17.6 Å². The molecule has 0 fully saturated rings. The van der Waals surface area contributed by atoms with Gasteiger partial charge >= 0.3 is 6.18 Å². The Morgan fingerprint density at radius 1 is 1.21 bits per heavy atom. The molecule has 2 aromatic carbocycles. The number of halogens is 4. The van der Waals surface area contributed by atoms with Crippen LogP contribution in [-0.2, 0) is 19.1 Å². The highest BCUT2D eigenvalue weighted by Gasteiger charge is 2.37. The fourth-order valence-electron chi connectivity index (χ4n) is 4.03. The predicted molar refractivity (Wildman–Crippen MR) is 97.4 cm³/mol. The van der Waals surface area contributed by atoms with Crippen LogP contribution < -0.4 is 11.1 Å². The summed E-state index contributed by atoms with van der Waals surface area (Å²) in [6, 6.07) is 6.60. The number of aromatic amines is 1. The highest BCUT2D eigenvalue weighted by molar-refractivity contribution is 6.11. The lowest BCUT2D eigenvalue weighted by molar-refractivity contribution is -0.141. The summed E-state index contributed by atoms with van der Waals surface area (Å²) in [7, 11) is 0. The zero-order valence-electron chi connectivity index (χ0n) is 14.9. The van der Waals surface area contributed by atoms with E-state index < -0.39 is 29.2 Å². The number of aromatic nitrogens is 1. The summed E-state index contributed by atoms with van der Waals surface area (Å²) >= 11 is 0. The van der Waals surface area contributed by atoms with Crippen molar-refractivity contribution in [2.45, 2.75) is 26.1 Å². The maximum Gasteiger partial charge on any atom is 0.431 e. The minimum absolute atomic E-state index is 0.0912. The van der Waals surface area contributed by atoms with Crippen LogP contribution in [-0.4, -0.2) is 17.4 Å². The summed E-state index contributed by atoms with van der Waals surface area (Å²) in [5.41, 5.74) is 6.33. The second kappa shape index (κ2) is 6.34. The number of carbonyl (C=O) groups excluding carboxylic acids is 1. The lowest BCUT2D eigenvalue weighted by Crippen LogP contribution is -2.24. The Bertz CT molecular complexity index is 1120. The fraction of sp³-hybridized carbons (Fsp3) is 0.250. The van der Waals surface area contributed by atoms with Crippen molar-refractivity contribution < 1.29 is 22.4 Å². The van der Waals surface area contributed by atoms with Crippen LogP contribution in [0, 0.1) is 12.7 Å². The quantitative estimate of drug-likeness (QED) is 0.577. The summed E-state index contributed by atoms with van der Waals surface area (Å²) in [6.45, 7) is 2.66. The maximum absolute atomic E-state index is 14.8. The Labute approximate surface area is 157 Å². The van der Waals surface area contributed by atoms with Gasteiger partial charge < -0.3 is 16.0 Å². The number of nitrogens with two attached hydrogens (primary N) is 1. The Balaban J connectivity index is 2.13. The molecule has 1 aromatic heterocycles. The van der Waals surface area contributed by atoms with E-state index in [0.29, 0.717) is 24.1 Å². The molecular formula is C20H17F4N3O. The van der Waals surface area contributed by atoms with E-state index in [-0.39, 0.29) is 16.5 Å². The molecule has 1 aliphatic heterocycles. The lowest BCUT2D eigenvalue weighted by atomic mass is 9.88. The van der Waals surface area contributed by atoms with Gasteiger partial charge in [0.1, 0.15) is 11.5 Å². The molecule has 1 aliphatic rings. The molecule has 0 bridgehead atoms. The average molecular weight is 391 g/mol. The van der Waals surface area contributed by atoms with Crippen LogP contribution in [0.3, 0.4) is 0 Å². The number of fused-ring (bicyclic) bond motifs is 2. The van der Waals surface area contributed by atoms with Crippen molar-refractivity contribution in [1.82, 2.24) is 10.3 Å². The van der Waals surface area contributed by atoms with Crippen molar-refractivity contribution in [1.29, 1.82) is 0 Å². The summed E-state index contributed by atoms with van der Waals surface area (Å²) < 4.78 is 55.2. The van der Waals surface area contributed by atoms with Gasteiger partial charge in [0.05, 0.1) is 11.1 Å². The molecular weight excluding hydrogens is 374 g/mol. The molecule has 0 saturated carbocycles. The van der Waals surface area contributed by atoms with Gasteiger partial charge in [0.2, 0.25) is 0 Å². The third-order valence-corrected chi connectivity index (χ3v) is 5.24. The molecule has 8 heteroatoms. The van der Waals surface area contributed by atoms with Crippen molar-refractivity contribution >= 4 is 16.8 Å². The Kier molecular flexibility index (Phi) is 4.19. The standard InChI is InChI=1S/C20H17F4N3O/c1-9-15-13(12-4-2-3-10-8-26-6-5-11(10)12)7-14(21)16(19(25)28)17(15)27-18(9)20(22,23)24/h2-4,7,26-27H,5-6,8H2,1H3,(H2,25,28). The van der Waals surface area contributed by atoms with E-state index in [1.54, 1.807) is 12.1 Å². The number of hydrogen-bond donors (Lipinski definition) is 3. The zero-order chi connectivity index (χ0) is 20.2. The molecule has 0 saturated heterocycles. The van der Waals surface area contributed by atoms with E-state index in [0.717, 1.165) is 23.7 Å². The molecule has 28 heavy (non-hydrogen) atoms. The average Bonchev–Trinajstić information content (AvgIpc) is 2.97. The Morgan fingerprint density at radius 3 is 2.64 bits per heavy atom. The molecule has 4 N–H and O–H groups in total. The van der Waals surface area contributed by atoms with Crippen LogP contribution in [0.2, 0.25) is 0 Å². The van der Waals surface area contributed by atoms with E-state index in [1.165, 1.54) is 6.92 Å². The molecule has 0 atom stereocenters. The first-order valence-corrected chi connectivity index (χ1v) is 8.73. The molecule has 0 spiro atoms. The van der Waals surface area contributed by atoms with Gasteiger partial charge in [-0.05, 0) is 53.8 Å². The molecule has 3 aromatic rings. The van der Waals surface area contributed by atoms with Crippen LogP contribution in [0.25, 0.3) is 22.0 Å². The smallest absolute Gasteiger partial charge is 0.365 e. The van der Waals surface area contributed by atoms with Crippen molar-refractivity contribution in [3.05, 3.63) is 58.0 Å². The molecule has 1 amide bonds. The topological polar surface area (TPSA) is 70.9 Å². The van der Waals surface area contributed by atoms with E-state index >= 15 is 0 Å². The van der Waals surface area contributed by atoms with Crippen LogP contribution >= 0.6 is 0 Å². The van der Waals surface area contributed by atoms with Crippen molar-refractivity contribution in [3.8, 4) is 11.1 Å². The van der Waals surface area contributed by atoms with Gasteiger partial charge in [-0.3, -0.25) is 4.79 Å². The van der Waals surface area contributed by atoms with Gasteiger partial charge in [-0.2, -0.15) is 13.2 Å². The predicted octanol–water partition coefficient (Wildman–Crippen LogP) is 4.05. The number of nitrogens with one attached hydrogen (secondary N) is 2. The minimum Gasteiger partial charge on any atom is -0.365 e. The highest BCUT2D eigenvalue weighted by atomic mass is 19.4. The number of alkyl halides is 3. The second-order valence-corrected chi connectivity index (χ2v) is 6.89. The largest absolute Gasteiger partial charge is 0.431 e. The minimum atomic E-state index is -4.67. The number of benzene rings is 2. The SMILES string of the molecule is Cc1c(C(F)(F)F)[nH]c2c(C(N)=O)c(F)cc(-c3cccc4c3CCNC4)c12. The van der Waals surface area contributed by atoms with Gasteiger partial charge in [0.15, 0.2) is 0 Å². The van der Waals surface area contributed by atoms with Crippen LogP contribution in [0.1, 0.15) is 32.7 Å². The molecule has 0 unspecified atom stereocenters. The molecule has 2 heterocycles. The second-order valence-electron chi connectivity index (χ2n) is 6.89. The fourth-order valence-corrected chi connectivity index (χ4v) is 4.03. The van der Waals surface area contributed by atoms with Crippen molar-refractivity contribution in [2.75, 3.05) is 6.54 Å². The first-order valence-electron chi connectivity index (χ1n) is 8.73. The Morgan fingerprint density at radius 2 is 1.96 bits per heavy atom. The van der Waals surface area contributed by atoms with Crippen molar-refractivity contribution in [3.63, 3.8) is 0 Å². The van der Waals surface area contributed by atoms with Crippen LogP contribution in [0.5, 0.6) is 0 Å². The lowest BCUT2D eigenvalue weighted by Gasteiger charge is -2.21. The van der Waals surface area contributed by atoms with E-state index in [9.17, 15) is 22.4 Å². The highest BCUT2D eigenvalue weighted by Crippen LogP contribution is 2.42. The molecule has 146 valence electrons. The van der Waals surface area contributed by atoms with Gasteiger partial charge in [0.25, 0.3) is 5.91 Å².